The number of carbonyl (C=O) groups is 2. The summed E-state index contributed by atoms with van der Waals surface area (Å²) in [5.74, 6) is -1.93. The van der Waals surface area contributed by atoms with E-state index in [9.17, 15) is 14.0 Å². The van der Waals surface area contributed by atoms with Crippen LogP contribution in [-0.4, -0.2) is 11.8 Å². The van der Waals surface area contributed by atoms with Crippen LogP contribution in [0.5, 0.6) is 0 Å². The number of rotatable bonds is 5. The van der Waals surface area contributed by atoms with Crippen LogP contribution in [-0.2, 0) is 22.6 Å². The third-order valence-corrected chi connectivity index (χ3v) is 3.84. The molecule has 0 aliphatic carbocycles. The average Bonchev–Trinajstić information content (AvgIpc) is 2.60. The molecule has 0 aliphatic rings. The number of benzene rings is 2. The van der Waals surface area contributed by atoms with Gasteiger partial charge in [0.1, 0.15) is 5.82 Å². The summed E-state index contributed by atoms with van der Waals surface area (Å²) in [5, 5.41) is 5.06. The number of amides is 2. The van der Waals surface area contributed by atoms with Crippen LogP contribution in [0.3, 0.4) is 0 Å². The van der Waals surface area contributed by atoms with Crippen LogP contribution in [0.2, 0.25) is 0 Å². The van der Waals surface area contributed by atoms with Gasteiger partial charge in [-0.3, -0.25) is 9.59 Å². The molecule has 2 amide bonds. The summed E-state index contributed by atoms with van der Waals surface area (Å²) in [6.45, 7) is 3.85. The molecule has 0 bridgehead atoms. The molecular weight excluding hydrogens is 307 g/mol. The molecule has 2 rings (SSSR count). The van der Waals surface area contributed by atoms with Gasteiger partial charge >= 0.3 is 11.8 Å². The first-order valence-electron chi connectivity index (χ1n) is 7.92. The van der Waals surface area contributed by atoms with E-state index in [-0.39, 0.29) is 12.6 Å². The highest BCUT2D eigenvalue weighted by Gasteiger charge is 2.17. The fourth-order valence-electron chi connectivity index (χ4n) is 2.29. The molecule has 24 heavy (non-hydrogen) atoms. The van der Waals surface area contributed by atoms with Gasteiger partial charge in [-0.1, -0.05) is 49.4 Å². The van der Waals surface area contributed by atoms with Gasteiger partial charge in [0, 0.05) is 12.1 Å². The zero-order chi connectivity index (χ0) is 17.5. The summed E-state index contributed by atoms with van der Waals surface area (Å²) < 4.78 is 13.5. The van der Waals surface area contributed by atoms with Crippen molar-refractivity contribution in [2.45, 2.75) is 32.9 Å². The molecule has 1 atom stereocenters. The van der Waals surface area contributed by atoms with E-state index in [0.717, 1.165) is 12.0 Å². The number of aryl methyl sites for hydroxylation is 1. The Balaban J connectivity index is 1.88. The van der Waals surface area contributed by atoms with Crippen molar-refractivity contribution in [3.05, 3.63) is 71.0 Å². The lowest BCUT2D eigenvalue weighted by atomic mass is 10.1. The highest BCUT2D eigenvalue weighted by atomic mass is 19.1. The van der Waals surface area contributed by atoms with Gasteiger partial charge in [-0.2, -0.15) is 0 Å². The molecule has 2 aromatic carbocycles. The van der Waals surface area contributed by atoms with Gasteiger partial charge in [-0.05, 0) is 30.5 Å². The van der Waals surface area contributed by atoms with Crippen LogP contribution in [0, 0.1) is 5.82 Å². The predicted molar refractivity (Wildman–Crippen MR) is 90.6 cm³/mol. The van der Waals surface area contributed by atoms with Crippen molar-refractivity contribution in [2.24, 2.45) is 0 Å². The van der Waals surface area contributed by atoms with Gasteiger partial charge < -0.3 is 10.6 Å². The largest absolute Gasteiger partial charge is 0.344 e. The lowest BCUT2D eigenvalue weighted by molar-refractivity contribution is -0.139. The topological polar surface area (TPSA) is 58.2 Å². The van der Waals surface area contributed by atoms with Gasteiger partial charge in [-0.25, -0.2) is 4.39 Å². The highest BCUT2D eigenvalue weighted by Crippen LogP contribution is 2.13. The van der Waals surface area contributed by atoms with Crippen LogP contribution >= 0.6 is 0 Å². The summed E-state index contributed by atoms with van der Waals surface area (Å²) in [7, 11) is 0. The first-order chi connectivity index (χ1) is 11.5. The van der Waals surface area contributed by atoms with Gasteiger partial charge in [-0.15, -0.1) is 0 Å². The Labute approximate surface area is 141 Å². The van der Waals surface area contributed by atoms with Crippen molar-refractivity contribution in [1.82, 2.24) is 10.6 Å². The smallest absolute Gasteiger partial charge is 0.309 e. The Hall–Kier alpha value is -2.69. The van der Waals surface area contributed by atoms with E-state index in [1.54, 1.807) is 18.2 Å². The molecule has 0 saturated heterocycles. The van der Waals surface area contributed by atoms with Crippen molar-refractivity contribution < 1.29 is 14.0 Å². The van der Waals surface area contributed by atoms with Gasteiger partial charge in [0.2, 0.25) is 0 Å². The SMILES string of the molecule is CCc1ccc(C(C)NC(=O)C(=O)NCc2ccccc2F)cc1. The number of hydrogen-bond acceptors (Lipinski definition) is 2. The normalized spacial score (nSPS) is 11.6. The first kappa shape index (κ1) is 17.7. The van der Waals surface area contributed by atoms with Crippen LogP contribution in [0.4, 0.5) is 4.39 Å². The number of halogens is 1. The quantitative estimate of drug-likeness (QED) is 0.829. The Bertz CT molecular complexity index is 714. The van der Waals surface area contributed by atoms with Crippen LogP contribution in [0.1, 0.15) is 36.6 Å². The molecule has 0 spiro atoms. The molecule has 2 N–H and O–H groups in total. The molecule has 0 aliphatic heterocycles. The monoisotopic (exact) mass is 328 g/mol. The highest BCUT2D eigenvalue weighted by molar-refractivity contribution is 6.35. The summed E-state index contributed by atoms with van der Waals surface area (Å²) in [6, 6.07) is 13.7. The maximum absolute atomic E-state index is 13.5. The second-order valence-electron chi connectivity index (χ2n) is 5.56. The van der Waals surface area contributed by atoms with Crippen molar-refractivity contribution in [2.75, 3.05) is 0 Å². The molecule has 0 heterocycles. The van der Waals surface area contributed by atoms with E-state index in [1.807, 2.05) is 31.2 Å². The predicted octanol–water partition coefficient (Wildman–Crippen LogP) is 2.88. The summed E-state index contributed by atoms with van der Waals surface area (Å²) in [6.07, 6.45) is 0.944. The van der Waals surface area contributed by atoms with Gasteiger partial charge in [0.15, 0.2) is 0 Å². The molecular formula is C19H21FN2O2. The Kier molecular flexibility index (Phi) is 6.07. The second-order valence-corrected chi connectivity index (χ2v) is 5.56. The van der Waals surface area contributed by atoms with Crippen molar-refractivity contribution in [3.8, 4) is 0 Å². The van der Waals surface area contributed by atoms with Gasteiger partial charge in [0.25, 0.3) is 0 Å². The number of carbonyl (C=O) groups excluding carboxylic acids is 2. The van der Waals surface area contributed by atoms with Crippen molar-refractivity contribution >= 4 is 11.8 Å². The van der Waals surface area contributed by atoms with Crippen LogP contribution in [0.25, 0.3) is 0 Å². The molecule has 0 fully saturated rings. The molecule has 0 radical (unpaired) electrons. The minimum Gasteiger partial charge on any atom is -0.344 e. The minimum atomic E-state index is -0.782. The van der Waals surface area contributed by atoms with E-state index in [4.69, 9.17) is 0 Å². The third-order valence-electron chi connectivity index (χ3n) is 3.84. The zero-order valence-electron chi connectivity index (χ0n) is 13.8. The summed E-state index contributed by atoms with van der Waals surface area (Å²) >= 11 is 0. The Morgan fingerprint density at radius 3 is 2.33 bits per heavy atom. The maximum atomic E-state index is 13.5. The van der Waals surface area contributed by atoms with E-state index in [0.29, 0.717) is 5.56 Å². The lowest BCUT2D eigenvalue weighted by Gasteiger charge is -2.14. The molecule has 5 heteroatoms. The average molecular weight is 328 g/mol. The fourth-order valence-corrected chi connectivity index (χ4v) is 2.29. The van der Waals surface area contributed by atoms with E-state index in [1.165, 1.54) is 11.6 Å². The van der Waals surface area contributed by atoms with Gasteiger partial charge in [0.05, 0.1) is 6.04 Å². The van der Waals surface area contributed by atoms with Crippen molar-refractivity contribution in [1.29, 1.82) is 0 Å². The maximum Gasteiger partial charge on any atom is 0.309 e. The Morgan fingerprint density at radius 1 is 1.04 bits per heavy atom. The first-order valence-corrected chi connectivity index (χ1v) is 7.92. The zero-order valence-corrected chi connectivity index (χ0v) is 13.8. The fraction of sp³-hybridized carbons (Fsp3) is 0.263. The Morgan fingerprint density at radius 2 is 1.71 bits per heavy atom. The number of nitrogens with one attached hydrogen (secondary N) is 2. The van der Waals surface area contributed by atoms with Crippen LogP contribution < -0.4 is 10.6 Å². The van der Waals surface area contributed by atoms with Crippen LogP contribution in [0.15, 0.2) is 48.5 Å². The third kappa shape index (κ3) is 4.65. The molecule has 0 saturated carbocycles. The summed E-state index contributed by atoms with van der Waals surface area (Å²) in [5.41, 5.74) is 2.46. The van der Waals surface area contributed by atoms with E-state index >= 15 is 0 Å². The summed E-state index contributed by atoms with van der Waals surface area (Å²) in [4.78, 5) is 23.8. The molecule has 126 valence electrons. The molecule has 4 nitrogen and oxygen atoms in total. The van der Waals surface area contributed by atoms with E-state index < -0.39 is 17.6 Å². The minimum absolute atomic E-state index is 0.0293. The molecule has 1 unspecified atom stereocenters. The standard InChI is InChI=1S/C19H21FN2O2/c1-3-14-8-10-15(11-9-14)13(2)22-19(24)18(23)21-12-16-6-4-5-7-17(16)20/h4-11,13H,3,12H2,1-2H3,(H,21,23)(H,22,24). The molecule has 2 aromatic rings. The number of hydrogen-bond donors (Lipinski definition) is 2. The van der Waals surface area contributed by atoms with Crippen molar-refractivity contribution in [3.63, 3.8) is 0 Å². The molecule has 0 aromatic heterocycles. The lowest BCUT2D eigenvalue weighted by Crippen LogP contribution is -2.40. The second kappa shape index (κ2) is 8.24. The van der Waals surface area contributed by atoms with E-state index in [2.05, 4.69) is 17.6 Å².